The molecule has 15 heavy (non-hydrogen) atoms. The van der Waals surface area contributed by atoms with Gasteiger partial charge in [-0.05, 0) is 31.4 Å². The van der Waals surface area contributed by atoms with E-state index in [1.54, 1.807) is 0 Å². The normalized spacial score (nSPS) is 24.3. The van der Waals surface area contributed by atoms with Crippen molar-refractivity contribution in [1.82, 2.24) is 4.90 Å². The van der Waals surface area contributed by atoms with E-state index in [2.05, 4.69) is 49.1 Å². The fraction of sp³-hybridized carbons (Fsp3) is 0.571. The lowest BCUT2D eigenvalue weighted by molar-refractivity contribution is 0.252. The lowest BCUT2D eigenvalue weighted by Crippen LogP contribution is -2.24. The first-order valence-electron chi connectivity index (χ1n) is 6.10. The standard InChI is InChI=1S/C14H21N/c1-3-13-9-10-15(11-13)12(2)14-7-5-4-6-8-14/h4-8,12-13H,3,9-11H2,1-2H3/t12-,13+/m1/s1. The van der Waals surface area contributed by atoms with Gasteiger partial charge in [0.15, 0.2) is 0 Å². The second kappa shape index (κ2) is 4.80. The number of likely N-dealkylation sites (tertiary alicyclic amines) is 1. The molecule has 1 nitrogen and oxygen atoms in total. The Morgan fingerprint density at radius 3 is 2.67 bits per heavy atom. The van der Waals surface area contributed by atoms with E-state index in [0.717, 1.165) is 5.92 Å². The molecule has 0 aromatic heterocycles. The van der Waals surface area contributed by atoms with Gasteiger partial charge in [-0.2, -0.15) is 0 Å². The molecule has 82 valence electrons. The van der Waals surface area contributed by atoms with Crippen LogP contribution in [0.2, 0.25) is 0 Å². The Kier molecular flexibility index (Phi) is 3.42. The molecule has 1 saturated heterocycles. The minimum atomic E-state index is 0.586. The number of hydrogen-bond acceptors (Lipinski definition) is 1. The first-order valence-corrected chi connectivity index (χ1v) is 6.10. The fourth-order valence-electron chi connectivity index (χ4n) is 2.49. The number of hydrogen-bond donors (Lipinski definition) is 0. The van der Waals surface area contributed by atoms with Gasteiger partial charge in [-0.15, -0.1) is 0 Å². The van der Waals surface area contributed by atoms with Crippen LogP contribution in [-0.4, -0.2) is 18.0 Å². The van der Waals surface area contributed by atoms with Gasteiger partial charge in [0.25, 0.3) is 0 Å². The summed E-state index contributed by atoms with van der Waals surface area (Å²) in [5, 5.41) is 0. The van der Waals surface area contributed by atoms with Crippen molar-refractivity contribution in [2.24, 2.45) is 5.92 Å². The van der Waals surface area contributed by atoms with Crippen LogP contribution in [0, 0.1) is 5.92 Å². The Morgan fingerprint density at radius 1 is 1.33 bits per heavy atom. The molecule has 0 saturated carbocycles. The number of nitrogens with zero attached hydrogens (tertiary/aromatic N) is 1. The van der Waals surface area contributed by atoms with E-state index in [9.17, 15) is 0 Å². The smallest absolute Gasteiger partial charge is 0.0319 e. The van der Waals surface area contributed by atoms with Crippen LogP contribution < -0.4 is 0 Å². The highest BCUT2D eigenvalue weighted by atomic mass is 15.2. The Morgan fingerprint density at radius 2 is 2.07 bits per heavy atom. The molecular weight excluding hydrogens is 182 g/mol. The summed E-state index contributed by atoms with van der Waals surface area (Å²) in [6, 6.07) is 11.4. The second-order valence-corrected chi connectivity index (χ2v) is 4.64. The Hall–Kier alpha value is -0.820. The predicted molar refractivity (Wildman–Crippen MR) is 64.8 cm³/mol. The average Bonchev–Trinajstić information content (AvgIpc) is 2.78. The fourth-order valence-corrected chi connectivity index (χ4v) is 2.49. The minimum absolute atomic E-state index is 0.586. The summed E-state index contributed by atoms with van der Waals surface area (Å²) in [6.45, 7) is 7.19. The van der Waals surface area contributed by atoms with Gasteiger partial charge in [0, 0.05) is 12.6 Å². The van der Waals surface area contributed by atoms with E-state index in [-0.39, 0.29) is 0 Å². The van der Waals surface area contributed by atoms with E-state index in [4.69, 9.17) is 0 Å². The van der Waals surface area contributed by atoms with Crippen LogP contribution in [0.5, 0.6) is 0 Å². The van der Waals surface area contributed by atoms with Gasteiger partial charge in [-0.3, -0.25) is 4.90 Å². The first-order chi connectivity index (χ1) is 7.31. The largest absolute Gasteiger partial charge is 0.296 e. The molecule has 0 bridgehead atoms. The summed E-state index contributed by atoms with van der Waals surface area (Å²) in [4.78, 5) is 2.61. The highest BCUT2D eigenvalue weighted by Gasteiger charge is 2.25. The average molecular weight is 203 g/mol. The summed E-state index contributed by atoms with van der Waals surface area (Å²) in [5.41, 5.74) is 1.45. The third-order valence-electron chi connectivity index (χ3n) is 3.72. The second-order valence-electron chi connectivity index (χ2n) is 4.64. The molecule has 1 heteroatoms. The van der Waals surface area contributed by atoms with Crippen molar-refractivity contribution in [1.29, 1.82) is 0 Å². The predicted octanol–water partition coefficient (Wildman–Crippen LogP) is 3.48. The maximum absolute atomic E-state index is 2.61. The van der Waals surface area contributed by atoms with E-state index in [1.807, 2.05) is 0 Å². The highest BCUT2D eigenvalue weighted by Crippen LogP contribution is 2.28. The van der Waals surface area contributed by atoms with Crippen LogP contribution in [0.25, 0.3) is 0 Å². The van der Waals surface area contributed by atoms with Gasteiger partial charge < -0.3 is 0 Å². The molecule has 1 fully saturated rings. The maximum Gasteiger partial charge on any atom is 0.0319 e. The number of benzene rings is 1. The van der Waals surface area contributed by atoms with Crippen LogP contribution in [0.4, 0.5) is 0 Å². The quantitative estimate of drug-likeness (QED) is 0.727. The van der Waals surface area contributed by atoms with Crippen LogP contribution >= 0.6 is 0 Å². The molecule has 1 aromatic rings. The van der Waals surface area contributed by atoms with Crippen LogP contribution in [0.1, 0.15) is 38.3 Å². The molecule has 0 unspecified atom stereocenters. The molecular formula is C14H21N. The maximum atomic E-state index is 2.61. The monoisotopic (exact) mass is 203 g/mol. The van der Waals surface area contributed by atoms with Crippen molar-refractivity contribution in [3.8, 4) is 0 Å². The first kappa shape index (κ1) is 10.7. The molecule has 0 N–H and O–H groups in total. The molecule has 2 atom stereocenters. The van der Waals surface area contributed by atoms with Crippen LogP contribution in [-0.2, 0) is 0 Å². The van der Waals surface area contributed by atoms with Crippen molar-refractivity contribution >= 4 is 0 Å². The lowest BCUT2D eigenvalue weighted by Gasteiger charge is -2.24. The van der Waals surface area contributed by atoms with Crippen molar-refractivity contribution in [2.45, 2.75) is 32.7 Å². The van der Waals surface area contributed by atoms with Crippen molar-refractivity contribution in [2.75, 3.05) is 13.1 Å². The zero-order valence-electron chi connectivity index (χ0n) is 9.82. The van der Waals surface area contributed by atoms with E-state index in [1.165, 1.54) is 31.5 Å². The Bertz CT molecular complexity index is 293. The van der Waals surface area contributed by atoms with Crippen LogP contribution in [0.15, 0.2) is 30.3 Å². The third kappa shape index (κ3) is 2.40. The van der Waals surface area contributed by atoms with Crippen molar-refractivity contribution in [3.05, 3.63) is 35.9 Å². The summed E-state index contributed by atoms with van der Waals surface area (Å²) < 4.78 is 0. The number of rotatable bonds is 3. The zero-order chi connectivity index (χ0) is 10.7. The Labute approximate surface area is 93.1 Å². The molecule has 0 radical (unpaired) electrons. The van der Waals surface area contributed by atoms with E-state index >= 15 is 0 Å². The topological polar surface area (TPSA) is 3.24 Å². The molecule has 0 aliphatic carbocycles. The third-order valence-corrected chi connectivity index (χ3v) is 3.72. The highest BCUT2D eigenvalue weighted by molar-refractivity contribution is 5.18. The molecule has 0 amide bonds. The molecule has 1 aromatic carbocycles. The van der Waals surface area contributed by atoms with Gasteiger partial charge in [0.05, 0.1) is 0 Å². The van der Waals surface area contributed by atoms with Gasteiger partial charge in [0.2, 0.25) is 0 Å². The van der Waals surface area contributed by atoms with E-state index < -0.39 is 0 Å². The molecule has 0 spiro atoms. The van der Waals surface area contributed by atoms with Gasteiger partial charge in [-0.1, -0.05) is 43.7 Å². The molecule has 2 rings (SSSR count). The lowest BCUT2D eigenvalue weighted by atomic mass is 10.1. The summed E-state index contributed by atoms with van der Waals surface area (Å²) in [6.07, 6.45) is 2.71. The summed E-state index contributed by atoms with van der Waals surface area (Å²) in [7, 11) is 0. The minimum Gasteiger partial charge on any atom is -0.296 e. The van der Waals surface area contributed by atoms with Crippen molar-refractivity contribution in [3.63, 3.8) is 0 Å². The summed E-state index contributed by atoms with van der Waals surface area (Å²) >= 11 is 0. The zero-order valence-corrected chi connectivity index (χ0v) is 9.82. The van der Waals surface area contributed by atoms with Crippen molar-refractivity contribution < 1.29 is 0 Å². The molecule has 1 aliphatic heterocycles. The summed E-state index contributed by atoms with van der Waals surface area (Å²) in [5.74, 6) is 0.927. The molecule has 1 heterocycles. The van der Waals surface area contributed by atoms with Gasteiger partial charge in [0.1, 0.15) is 0 Å². The van der Waals surface area contributed by atoms with Gasteiger partial charge in [-0.25, -0.2) is 0 Å². The Balaban J connectivity index is 2.00. The SMILES string of the molecule is CC[C@H]1CCN([C@H](C)c2ccccc2)C1. The van der Waals surface area contributed by atoms with Crippen LogP contribution in [0.3, 0.4) is 0 Å². The van der Waals surface area contributed by atoms with E-state index in [0.29, 0.717) is 6.04 Å². The molecule has 1 aliphatic rings. The van der Waals surface area contributed by atoms with Gasteiger partial charge >= 0.3 is 0 Å².